The van der Waals surface area contributed by atoms with Crippen LogP contribution in [0.3, 0.4) is 0 Å². The quantitative estimate of drug-likeness (QED) is 0.399. The van der Waals surface area contributed by atoms with Gasteiger partial charge in [0.2, 0.25) is 0 Å². The molecule has 0 rings (SSSR count). The first kappa shape index (κ1) is 15.5. The second kappa shape index (κ2) is 9.72. The van der Waals surface area contributed by atoms with Crippen LogP contribution in [0, 0.1) is 0 Å². The molecule has 0 heterocycles. The summed E-state index contributed by atoms with van der Waals surface area (Å²) < 4.78 is 0. The molecule has 0 radical (unpaired) electrons. The predicted molar refractivity (Wildman–Crippen MR) is 76.1 cm³/mol. The molecule has 0 spiro atoms. The third kappa shape index (κ3) is 10.0. The monoisotopic (exact) mass is 240 g/mol. The fourth-order valence-electron chi connectivity index (χ4n) is 1.47. The smallest absolute Gasteiger partial charge is 0.0406 e. The molecule has 0 fully saturated rings. The van der Waals surface area contributed by atoms with Gasteiger partial charge < -0.3 is 0 Å². The van der Waals surface area contributed by atoms with Gasteiger partial charge in [-0.15, -0.1) is 11.6 Å². The van der Waals surface area contributed by atoms with E-state index in [4.69, 9.17) is 11.6 Å². The van der Waals surface area contributed by atoms with E-state index >= 15 is 0 Å². The highest BCUT2D eigenvalue weighted by molar-refractivity contribution is 6.18. The minimum Gasteiger partial charge on any atom is -0.122 e. The van der Waals surface area contributed by atoms with Crippen molar-refractivity contribution in [3.63, 3.8) is 0 Å². The van der Waals surface area contributed by atoms with Crippen LogP contribution in [0.5, 0.6) is 0 Å². The first-order chi connectivity index (χ1) is 7.56. The SMILES string of the molecule is CC(C)=CCC/C(C)=C\CC/C(C)=C\CCl. The van der Waals surface area contributed by atoms with Gasteiger partial charge in [-0.3, -0.25) is 0 Å². The highest BCUT2D eigenvalue weighted by atomic mass is 35.5. The minimum atomic E-state index is 0.634. The molecular formula is C15H25Cl. The van der Waals surface area contributed by atoms with Gasteiger partial charge in [0.05, 0.1) is 0 Å². The third-order valence-electron chi connectivity index (χ3n) is 2.55. The summed E-state index contributed by atoms with van der Waals surface area (Å²) in [5.74, 6) is 0.634. The minimum absolute atomic E-state index is 0.634. The summed E-state index contributed by atoms with van der Waals surface area (Å²) in [6, 6.07) is 0. The first-order valence-corrected chi connectivity index (χ1v) is 6.60. The van der Waals surface area contributed by atoms with Gasteiger partial charge in [0.25, 0.3) is 0 Å². The van der Waals surface area contributed by atoms with Crippen molar-refractivity contribution in [2.45, 2.75) is 53.4 Å². The Morgan fingerprint density at radius 2 is 1.31 bits per heavy atom. The van der Waals surface area contributed by atoms with Crippen molar-refractivity contribution in [3.8, 4) is 0 Å². The number of rotatable bonds is 7. The predicted octanol–water partition coefficient (Wildman–Crippen LogP) is 5.64. The van der Waals surface area contributed by atoms with Crippen molar-refractivity contribution in [3.05, 3.63) is 34.9 Å². The maximum Gasteiger partial charge on any atom is 0.0406 e. The van der Waals surface area contributed by atoms with Crippen LogP contribution in [0.25, 0.3) is 0 Å². The Morgan fingerprint density at radius 1 is 0.812 bits per heavy atom. The largest absolute Gasteiger partial charge is 0.122 e. The van der Waals surface area contributed by atoms with E-state index in [0.29, 0.717) is 5.88 Å². The molecule has 16 heavy (non-hydrogen) atoms. The molecule has 0 saturated carbocycles. The highest BCUT2D eigenvalue weighted by Gasteiger charge is 1.91. The van der Waals surface area contributed by atoms with E-state index < -0.39 is 0 Å². The molecule has 92 valence electrons. The summed E-state index contributed by atoms with van der Waals surface area (Å²) in [6.45, 7) is 8.67. The van der Waals surface area contributed by atoms with Crippen molar-refractivity contribution in [1.82, 2.24) is 0 Å². The van der Waals surface area contributed by atoms with Crippen molar-refractivity contribution in [2.24, 2.45) is 0 Å². The lowest BCUT2D eigenvalue weighted by molar-refractivity contribution is 0.917. The summed E-state index contributed by atoms with van der Waals surface area (Å²) in [4.78, 5) is 0. The summed E-state index contributed by atoms with van der Waals surface area (Å²) >= 11 is 5.64. The second-order valence-electron chi connectivity index (χ2n) is 4.61. The van der Waals surface area contributed by atoms with E-state index in [0.717, 1.165) is 12.8 Å². The van der Waals surface area contributed by atoms with Gasteiger partial charge in [0, 0.05) is 5.88 Å². The van der Waals surface area contributed by atoms with Gasteiger partial charge in [-0.1, -0.05) is 34.9 Å². The number of hydrogen-bond donors (Lipinski definition) is 0. The molecule has 0 aliphatic heterocycles. The Labute approximate surface area is 106 Å². The number of alkyl halides is 1. The van der Waals surface area contributed by atoms with Crippen LogP contribution in [0.2, 0.25) is 0 Å². The lowest BCUT2D eigenvalue weighted by Gasteiger charge is -2.00. The standard InChI is InChI=1S/C15H25Cl/c1-13(2)7-5-8-14(3)9-6-10-15(4)11-12-16/h7,9,11H,5-6,8,10,12H2,1-4H3/b14-9-,15-11-. The van der Waals surface area contributed by atoms with Crippen molar-refractivity contribution in [1.29, 1.82) is 0 Å². The van der Waals surface area contributed by atoms with Crippen LogP contribution >= 0.6 is 11.6 Å². The molecule has 0 aromatic rings. The lowest BCUT2D eigenvalue weighted by Crippen LogP contribution is -1.81. The zero-order valence-corrected chi connectivity index (χ0v) is 11.9. The zero-order chi connectivity index (χ0) is 12.4. The van der Waals surface area contributed by atoms with Crippen LogP contribution in [0.1, 0.15) is 53.4 Å². The molecule has 0 bridgehead atoms. The summed E-state index contributed by atoms with van der Waals surface area (Å²) in [5.41, 5.74) is 4.30. The maximum absolute atomic E-state index is 5.64. The fourth-order valence-corrected chi connectivity index (χ4v) is 1.73. The molecule has 0 saturated heterocycles. The topological polar surface area (TPSA) is 0 Å². The molecule has 1 heteroatoms. The van der Waals surface area contributed by atoms with Gasteiger partial charge in [-0.05, 0) is 53.4 Å². The molecule has 0 atom stereocenters. The summed E-state index contributed by atoms with van der Waals surface area (Å²) in [5, 5.41) is 0. The Balaban J connectivity index is 3.79. The molecule has 0 N–H and O–H groups in total. The van der Waals surface area contributed by atoms with Gasteiger partial charge in [-0.2, -0.15) is 0 Å². The second-order valence-corrected chi connectivity index (χ2v) is 4.92. The summed E-state index contributed by atoms with van der Waals surface area (Å²) in [7, 11) is 0. The Kier molecular flexibility index (Phi) is 9.42. The van der Waals surface area contributed by atoms with E-state index in [1.807, 2.05) is 0 Å². The number of hydrogen-bond acceptors (Lipinski definition) is 0. The Hall–Kier alpha value is -0.490. The van der Waals surface area contributed by atoms with Crippen LogP contribution in [0.4, 0.5) is 0 Å². The van der Waals surface area contributed by atoms with Crippen molar-refractivity contribution >= 4 is 11.6 Å². The molecule has 0 aromatic carbocycles. The first-order valence-electron chi connectivity index (χ1n) is 6.07. The molecular weight excluding hydrogens is 216 g/mol. The van der Waals surface area contributed by atoms with E-state index in [2.05, 4.69) is 45.9 Å². The van der Waals surface area contributed by atoms with E-state index in [1.54, 1.807) is 0 Å². The van der Waals surface area contributed by atoms with Crippen LogP contribution in [-0.4, -0.2) is 5.88 Å². The third-order valence-corrected chi connectivity index (χ3v) is 2.70. The van der Waals surface area contributed by atoms with Gasteiger partial charge in [0.1, 0.15) is 0 Å². The average molecular weight is 241 g/mol. The number of allylic oxidation sites excluding steroid dienone is 6. The zero-order valence-electron chi connectivity index (χ0n) is 11.1. The Morgan fingerprint density at radius 3 is 1.81 bits per heavy atom. The van der Waals surface area contributed by atoms with E-state index in [1.165, 1.54) is 29.6 Å². The van der Waals surface area contributed by atoms with Crippen LogP contribution in [-0.2, 0) is 0 Å². The highest BCUT2D eigenvalue weighted by Crippen LogP contribution is 2.11. The maximum atomic E-state index is 5.64. The Bertz CT molecular complexity index is 265. The van der Waals surface area contributed by atoms with Gasteiger partial charge in [-0.25, -0.2) is 0 Å². The molecule has 0 aromatic heterocycles. The van der Waals surface area contributed by atoms with Crippen molar-refractivity contribution in [2.75, 3.05) is 5.88 Å². The molecule has 0 nitrogen and oxygen atoms in total. The fraction of sp³-hybridized carbons (Fsp3) is 0.600. The summed E-state index contributed by atoms with van der Waals surface area (Å²) in [6.07, 6.45) is 11.4. The van der Waals surface area contributed by atoms with Gasteiger partial charge in [0.15, 0.2) is 0 Å². The van der Waals surface area contributed by atoms with E-state index in [-0.39, 0.29) is 0 Å². The molecule has 0 amide bonds. The van der Waals surface area contributed by atoms with Crippen LogP contribution < -0.4 is 0 Å². The molecule has 0 aliphatic carbocycles. The van der Waals surface area contributed by atoms with Gasteiger partial charge >= 0.3 is 0 Å². The van der Waals surface area contributed by atoms with E-state index in [9.17, 15) is 0 Å². The van der Waals surface area contributed by atoms with Crippen LogP contribution in [0.15, 0.2) is 34.9 Å². The molecule has 0 unspecified atom stereocenters. The lowest BCUT2D eigenvalue weighted by atomic mass is 10.1. The normalized spacial score (nSPS) is 12.8. The van der Waals surface area contributed by atoms with Crippen molar-refractivity contribution < 1.29 is 0 Å². The molecule has 0 aliphatic rings. The number of halogens is 1. The average Bonchev–Trinajstić information content (AvgIpc) is 2.17.